The van der Waals surface area contributed by atoms with Crippen molar-refractivity contribution in [1.29, 1.82) is 0 Å². The highest BCUT2D eigenvalue weighted by Gasteiger charge is 2.35. The minimum absolute atomic E-state index is 0.0134. The Labute approximate surface area is 660 Å². The van der Waals surface area contributed by atoms with E-state index in [4.69, 9.17) is 64.4 Å². The van der Waals surface area contributed by atoms with Crippen molar-refractivity contribution in [1.82, 2.24) is 5.32 Å². The molecule has 3 aromatic carbocycles. The predicted molar refractivity (Wildman–Crippen MR) is 414 cm³/mol. The first-order valence-corrected chi connectivity index (χ1v) is 36.5. The maximum atomic E-state index is 13.3. The van der Waals surface area contributed by atoms with Gasteiger partial charge in [-0.05, 0) is 217 Å². The fourth-order valence-electron chi connectivity index (χ4n) is 9.53. The number of carbonyl (C=O) groups is 12. The number of hydrogen-bond acceptors (Lipinski definition) is 24. The van der Waals surface area contributed by atoms with Crippen LogP contribution in [-0.4, -0.2) is 147 Å². The van der Waals surface area contributed by atoms with Crippen LogP contribution in [0.2, 0.25) is 0 Å². The molecule has 3 aromatic rings. The third-order valence-electron chi connectivity index (χ3n) is 14.0. The third kappa shape index (κ3) is 59.5. The quantitative estimate of drug-likeness (QED) is 0.00686. The van der Waals surface area contributed by atoms with Crippen LogP contribution in [0.15, 0.2) is 72.8 Å². The lowest BCUT2D eigenvalue weighted by Gasteiger charge is -2.25. The Balaban J connectivity index is -0.00000159. The Morgan fingerprint density at radius 1 is 0.477 bits per heavy atom. The van der Waals surface area contributed by atoms with Crippen LogP contribution in [0.3, 0.4) is 0 Å². The number of ether oxygens (including phenoxy) is 8. The Kier molecular flexibility index (Phi) is 49.4. The summed E-state index contributed by atoms with van der Waals surface area (Å²) < 4.78 is 72.6. The number of rotatable bonds is 36. The Hall–Kier alpha value is -9.03. The number of nitrogens with one attached hydrogen (secondary N) is 1. The smallest absolute Gasteiger partial charge is 0.481 e. The maximum Gasteiger partial charge on any atom is 0.511 e. The molecule has 31 heteroatoms. The molecule has 0 aliphatic rings. The van der Waals surface area contributed by atoms with Crippen LogP contribution in [0.4, 0.5) is 24.1 Å². The van der Waals surface area contributed by atoms with E-state index in [-0.39, 0.29) is 93.1 Å². The number of nitrogens with two attached hydrogens (primary N) is 2. The number of Topliss-reactive ketones (excluding diaryl/α,β-unsaturated/α-hetero) is 2. The maximum absolute atomic E-state index is 13.3. The summed E-state index contributed by atoms with van der Waals surface area (Å²) in [7, 11) is -2.00. The van der Waals surface area contributed by atoms with Crippen LogP contribution in [0.1, 0.15) is 240 Å². The number of ketones is 2. The Morgan fingerprint density at radius 3 is 1.12 bits per heavy atom. The zero-order valence-corrected chi connectivity index (χ0v) is 68.7. The largest absolute Gasteiger partial charge is 0.511 e. The summed E-state index contributed by atoms with van der Waals surface area (Å²) in [6, 6.07) is 18.7. The third-order valence-corrected chi connectivity index (χ3v) is 14.1. The van der Waals surface area contributed by atoms with E-state index < -0.39 is 130 Å². The molecule has 0 fully saturated rings. The average Bonchev–Trinajstić information content (AvgIpc) is 0.841. The number of hydrogen-bond donors (Lipinski definition) is 5. The van der Waals surface area contributed by atoms with Gasteiger partial charge < -0.3 is 64.9 Å². The van der Waals surface area contributed by atoms with Gasteiger partial charge in [0.15, 0.2) is 0 Å². The number of amides is 1. The van der Waals surface area contributed by atoms with Crippen molar-refractivity contribution in [3.8, 4) is 11.5 Å². The molecule has 0 saturated heterocycles. The molecule has 3 rings (SSSR count). The summed E-state index contributed by atoms with van der Waals surface area (Å²) in [5.74, 6) is -7.10. The zero-order chi connectivity index (χ0) is 87.7. The molecule has 0 heterocycles. The first kappa shape index (κ1) is 102. The first-order valence-electron chi connectivity index (χ1n) is 37.6. The molecule has 1 amide bonds. The highest BCUT2D eigenvalue weighted by Crippen LogP contribution is 2.28. The monoisotopic (exact) mass is 1600 g/mol. The lowest BCUT2D eigenvalue weighted by Crippen LogP contribution is -2.33. The lowest BCUT2D eigenvalue weighted by molar-refractivity contribution is -0.384. The van der Waals surface area contributed by atoms with Crippen LogP contribution in [0.5, 0.6) is 11.5 Å². The van der Waals surface area contributed by atoms with Crippen LogP contribution in [-0.2, 0) is 95.8 Å². The van der Waals surface area contributed by atoms with Crippen LogP contribution in [0.25, 0.3) is 0 Å². The number of alkyl halides is 2. The molecule has 0 aliphatic heterocycles. The molecule has 28 nitrogen and oxygen atoms in total. The van der Waals surface area contributed by atoms with Crippen LogP contribution in [0, 0.1) is 33.8 Å². The van der Waals surface area contributed by atoms with E-state index in [0.29, 0.717) is 69.5 Å². The van der Waals surface area contributed by atoms with Gasteiger partial charge in [0.2, 0.25) is 5.91 Å². The van der Waals surface area contributed by atoms with Crippen molar-refractivity contribution in [3.63, 3.8) is 0 Å². The average molecular weight is 1600 g/mol. The topological polar surface area (TPSA) is 426 Å². The van der Waals surface area contributed by atoms with Crippen molar-refractivity contribution in [3.05, 3.63) is 99.6 Å². The van der Waals surface area contributed by atoms with E-state index in [9.17, 15) is 76.4 Å². The number of nitrogens with zero attached hydrogens (tertiary/aromatic N) is 1. The van der Waals surface area contributed by atoms with Gasteiger partial charge in [-0.2, -0.15) is 0 Å². The van der Waals surface area contributed by atoms with E-state index in [1.807, 2.05) is 12.1 Å². The van der Waals surface area contributed by atoms with Crippen LogP contribution < -0.4 is 26.3 Å². The van der Waals surface area contributed by atoms with Crippen LogP contribution >= 0.6 is 11.6 Å². The molecule has 0 aliphatic carbocycles. The summed E-state index contributed by atoms with van der Waals surface area (Å²) in [5, 5.41) is 30.2. The molecule has 0 spiro atoms. The van der Waals surface area contributed by atoms with Gasteiger partial charge in [-0.15, -0.1) is 0 Å². The molecular formula is C80H123ClF2N4O24. The standard InChI is InChI=1S/C37H57NO10.C26H47NO7.C8H9NO3.C7H4ClNO4.2CH3F/c1-35(2,3)46-32(43)20-18-28(34(45)48-37(7,8)9)24-29(39)23-27(33(44)47-36(4,5)6)12-10-11-21-38-30(40)19-17-25-13-15-26(16-14-25)22-31(41)42;1-24(2,3)32-21(29)14-13-19(23(31)34-26(7,8)9)17-20(28)16-18(12-10-11-15-27)22(30)33-25(4,5)6;9-5-6-1-3-7(4-2-6)12-8(10)11;8-7(10)13-6-3-1-5(2-4-6)9(11)12;2*1-2/h13-16,27-28H,10-12,17-24H2,1-9H3,(H,38,40)(H,41,42);18-19H,10-17,27H2,1-9H3;1-4H,5,9H2,(H,10,11);1-4H;2*1H3/t27-,28-;18-,19-;;;;/m11..../s1/i;;;;2*1D. The molecule has 0 unspecified atom stereocenters. The van der Waals surface area contributed by atoms with E-state index in [1.54, 1.807) is 161 Å². The minimum atomic E-state index is -1.31. The predicted octanol–water partition coefficient (Wildman–Crippen LogP) is 15.1. The Morgan fingerprint density at radius 2 is 0.802 bits per heavy atom. The highest BCUT2D eigenvalue weighted by atomic mass is 35.5. The van der Waals surface area contributed by atoms with E-state index in [2.05, 4.69) is 14.8 Å². The van der Waals surface area contributed by atoms with Gasteiger partial charge in [-0.25, -0.2) is 9.59 Å². The zero-order valence-electron chi connectivity index (χ0n) is 69.9. The molecule has 111 heavy (non-hydrogen) atoms. The summed E-state index contributed by atoms with van der Waals surface area (Å²) in [4.78, 5) is 156. The molecule has 628 valence electrons. The fraction of sp³-hybridized carbons (Fsp3) is 0.625. The van der Waals surface area contributed by atoms with Gasteiger partial charge in [-0.1, -0.05) is 49.2 Å². The fourth-order valence-corrected chi connectivity index (χ4v) is 9.62. The molecular weight excluding hydrogens is 1470 g/mol. The number of carboxylic acids is 1. The summed E-state index contributed by atoms with van der Waals surface area (Å²) >= 11 is 4.92. The molecule has 0 saturated carbocycles. The number of aryl methyl sites for hydroxylation is 1. The number of halogens is 3. The molecule has 0 aromatic heterocycles. The van der Waals surface area contributed by atoms with Crippen molar-refractivity contribution >= 4 is 88.1 Å². The summed E-state index contributed by atoms with van der Waals surface area (Å²) in [6.07, 6.45) is 2.50. The molecule has 7 N–H and O–H groups in total. The lowest BCUT2D eigenvalue weighted by atomic mass is 9.90. The minimum Gasteiger partial charge on any atom is -0.481 e. The van der Waals surface area contributed by atoms with Gasteiger partial charge in [-0.3, -0.25) is 66.8 Å². The highest BCUT2D eigenvalue weighted by molar-refractivity contribution is 6.61. The number of carbonyl (C=O) groups excluding carboxylic acids is 10. The number of aliphatic carboxylic acids is 1. The van der Waals surface area contributed by atoms with Gasteiger partial charge in [0.05, 0.1) is 52.1 Å². The van der Waals surface area contributed by atoms with E-state index in [1.165, 1.54) is 24.3 Å². The van der Waals surface area contributed by atoms with E-state index in [0.717, 1.165) is 17.5 Å². The number of unbranched alkanes of at least 4 members (excludes halogenated alkanes) is 2. The first-order chi connectivity index (χ1) is 52.0. The second-order valence-electron chi connectivity index (χ2n) is 31.4. The van der Waals surface area contributed by atoms with Gasteiger partial charge in [0.1, 0.15) is 56.7 Å². The Bertz CT molecular complexity index is 3400. The molecule has 4 atom stereocenters. The van der Waals surface area contributed by atoms with Crippen molar-refractivity contribution in [2.45, 2.75) is 274 Å². The summed E-state index contributed by atoms with van der Waals surface area (Å²) in [5.41, 5.74) is 8.17. The normalized spacial score (nSPS) is 12.5. The molecule has 0 bridgehead atoms. The number of carboxylic acid groups (broad SMARTS) is 2. The van der Waals surface area contributed by atoms with Gasteiger partial charge >= 0.3 is 53.4 Å². The van der Waals surface area contributed by atoms with Crippen molar-refractivity contribution < 1.29 is 122 Å². The summed E-state index contributed by atoms with van der Waals surface area (Å²) in [6.45, 7) is 32.9. The number of benzene rings is 3. The number of nitro groups is 1. The van der Waals surface area contributed by atoms with E-state index >= 15 is 0 Å². The molecule has 0 radical (unpaired) electrons. The second-order valence-corrected chi connectivity index (χ2v) is 31.7. The van der Waals surface area contributed by atoms with Gasteiger partial charge in [0, 0.05) is 81.8 Å². The number of esters is 6. The second kappa shape index (κ2) is 53.8. The number of nitro benzene ring substituents is 1. The SMILES string of the molecule is CC(C)(C)OC(=O)CC[C@H](CC(=O)C[C@@H](CCCCN)C(=O)OC(C)(C)C)C(=O)OC(C)(C)C.CC(C)(C)OC(=O)CC[C@H](CC(=O)C[C@@H](CCCCNC(=O)CCc1ccc(CC(=O)O)cc1)C(=O)OC(C)(C)C)C(=O)OC(C)(C)C.NCc1ccc(OC(=O)O)cc1.O=C(Cl)Oc1ccc([N+](=O)[O-])cc1.[2H]CF.[2H]CF. The van der Waals surface area contributed by atoms with Gasteiger partial charge in [0.25, 0.3) is 5.69 Å². The number of non-ortho nitro benzene ring substituents is 1. The van der Waals surface area contributed by atoms with Crippen molar-refractivity contribution in [2.24, 2.45) is 35.1 Å². The van der Waals surface area contributed by atoms with Crippen molar-refractivity contribution in [2.75, 3.05) is 27.4 Å².